The van der Waals surface area contributed by atoms with E-state index in [1.807, 2.05) is 19.9 Å². The number of nitrogens with zero attached hydrogens (tertiary/aromatic N) is 1. The molecule has 1 aromatic rings. The lowest BCUT2D eigenvalue weighted by Crippen LogP contribution is -2.38. The monoisotopic (exact) mass is 275 g/mol. The van der Waals surface area contributed by atoms with Crippen molar-refractivity contribution in [2.75, 3.05) is 18.8 Å². The lowest BCUT2D eigenvalue weighted by molar-refractivity contribution is -0.129. The van der Waals surface area contributed by atoms with E-state index in [4.69, 9.17) is 5.73 Å². The molecule has 0 radical (unpaired) electrons. The van der Waals surface area contributed by atoms with Gasteiger partial charge in [-0.05, 0) is 31.0 Å². The number of nitrogens with one attached hydrogen (secondary N) is 1. The van der Waals surface area contributed by atoms with Crippen LogP contribution in [-0.4, -0.2) is 35.8 Å². The second-order valence-electron chi connectivity index (χ2n) is 5.23. The number of rotatable bonds is 3. The molecule has 20 heavy (non-hydrogen) atoms. The quantitative estimate of drug-likeness (QED) is 0.817. The third-order valence-electron chi connectivity index (χ3n) is 3.68. The number of carbonyl (C=O) groups excluding carboxylic acids is 2. The summed E-state index contributed by atoms with van der Waals surface area (Å²) in [5.41, 5.74) is 7.80. The van der Waals surface area contributed by atoms with Gasteiger partial charge in [0.1, 0.15) is 0 Å². The SMILES string of the molecule is CCC(=O)N1CCC(NC(=O)c2cc(N)ccc2C)C1. The maximum Gasteiger partial charge on any atom is 0.251 e. The van der Waals surface area contributed by atoms with Gasteiger partial charge in [0, 0.05) is 36.8 Å². The second-order valence-corrected chi connectivity index (χ2v) is 5.23. The minimum Gasteiger partial charge on any atom is -0.399 e. The highest BCUT2D eigenvalue weighted by Gasteiger charge is 2.26. The Bertz CT molecular complexity index is 528. The second kappa shape index (κ2) is 5.94. The Labute approximate surface area is 119 Å². The molecule has 0 spiro atoms. The summed E-state index contributed by atoms with van der Waals surface area (Å²) in [5.74, 6) is 0.0208. The van der Waals surface area contributed by atoms with Crippen molar-refractivity contribution in [3.63, 3.8) is 0 Å². The topological polar surface area (TPSA) is 75.4 Å². The molecule has 108 valence electrons. The third-order valence-corrected chi connectivity index (χ3v) is 3.68. The van der Waals surface area contributed by atoms with Crippen LogP contribution in [0.25, 0.3) is 0 Å². The Balaban J connectivity index is 1.99. The van der Waals surface area contributed by atoms with Crippen LogP contribution in [0.1, 0.15) is 35.7 Å². The molecule has 1 heterocycles. The van der Waals surface area contributed by atoms with Crippen LogP contribution in [-0.2, 0) is 4.79 Å². The highest BCUT2D eigenvalue weighted by molar-refractivity contribution is 5.96. The number of nitrogen functional groups attached to an aromatic ring is 1. The molecule has 0 bridgehead atoms. The van der Waals surface area contributed by atoms with E-state index in [0.29, 0.717) is 30.8 Å². The molecule has 1 saturated heterocycles. The van der Waals surface area contributed by atoms with Crippen molar-refractivity contribution in [2.45, 2.75) is 32.7 Å². The molecule has 0 aromatic heterocycles. The average molecular weight is 275 g/mol. The minimum atomic E-state index is -0.120. The van der Waals surface area contributed by atoms with E-state index in [2.05, 4.69) is 5.32 Å². The average Bonchev–Trinajstić information content (AvgIpc) is 2.89. The van der Waals surface area contributed by atoms with Gasteiger partial charge >= 0.3 is 0 Å². The first-order chi connectivity index (χ1) is 9.51. The molecule has 1 fully saturated rings. The molecule has 2 rings (SSSR count). The van der Waals surface area contributed by atoms with Crippen LogP contribution in [0.15, 0.2) is 18.2 Å². The zero-order chi connectivity index (χ0) is 14.7. The van der Waals surface area contributed by atoms with Crippen molar-refractivity contribution < 1.29 is 9.59 Å². The summed E-state index contributed by atoms with van der Waals surface area (Å²) >= 11 is 0. The third kappa shape index (κ3) is 3.10. The van der Waals surface area contributed by atoms with Gasteiger partial charge in [0.15, 0.2) is 0 Å². The summed E-state index contributed by atoms with van der Waals surface area (Å²) in [6, 6.07) is 5.34. The normalized spacial score (nSPS) is 18.1. The van der Waals surface area contributed by atoms with Gasteiger partial charge in [0.05, 0.1) is 0 Å². The summed E-state index contributed by atoms with van der Waals surface area (Å²) in [7, 11) is 0. The van der Waals surface area contributed by atoms with E-state index in [9.17, 15) is 9.59 Å². The van der Waals surface area contributed by atoms with E-state index in [1.54, 1.807) is 17.0 Å². The predicted molar refractivity (Wildman–Crippen MR) is 78.3 cm³/mol. The number of hydrogen-bond donors (Lipinski definition) is 2. The zero-order valence-electron chi connectivity index (χ0n) is 12.0. The summed E-state index contributed by atoms with van der Waals surface area (Å²) < 4.78 is 0. The molecule has 3 N–H and O–H groups in total. The maximum absolute atomic E-state index is 12.2. The van der Waals surface area contributed by atoms with Crippen molar-refractivity contribution >= 4 is 17.5 Å². The molecular formula is C15H21N3O2. The van der Waals surface area contributed by atoms with E-state index in [0.717, 1.165) is 12.0 Å². The van der Waals surface area contributed by atoms with Gasteiger partial charge in [-0.3, -0.25) is 9.59 Å². The van der Waals surface area contributed by atoms with Crippen molar-refractivity contribution in [1.29, 1.82) is 0 Å². The lowest BCUT2D eigenvalue weighted by Gasteiger charge is -2.17. The van der Waals surface area contributed by atoms with Gasteiger partial charge in [-0.25, -0.2) is 0 Å². The number of aryl methyl sites for hydroxylation is 1. The molecule has 1 aromatic carbocycles. The summed E-state index contributed by atoms with van der Waals surface area (Å²) in [6.45, 7) is 5.05. The molecule has 0 saturated carbocycles. The van der Waals surface area contributed by atoms with Crippen molar-refractivity contribution in [3.05, 3.63) is 29.3 Å². The van der Waals surface area contributed by atoms with Crippen LogP contribution < -0.4 is 11.1 Å². The number of amides is 2. The fraction of sp³-hybridized carbons (Fsp3) is 0.467. The van der Waals surface area contributed by atoms with Gasteiger partial charge < -0.3 is 16.0 Å². The number of nitrogens with two attached hydrogens (primary N) is 1. The molecule has 1 aliphatic rings. The zero-order valence-corrected chi connectivity index (χ0v) is 12.0. The fourth-order valence-corrected chi connectivity index (χ4v) is 2.48. The molecular weight excluding hydrogens is 254 g/mol. The molecule has 5 nitrogen and oxygen atoms in total. The first-order valence-corrected chi connectivity index (χ1v) is 6.96. The smallest absolute Gasteiger partial charge is 0.251 e. The number of hydrogen-bond acceptors (Lipinski definition) is 3. The molecule has 0 aliphatic carbocycles. The minimum absolute atomic E-state index is 0.0267. The Morgan fingerprint density at radius 1 is 1.45 bits per heavy atom. The van der Waals surface area contributed by atoms with E-state index in [1.165, 1.54) is 0 Å². The van der Waals surface area contributed by atoms with E-state index in [-0.39, 0.29) is 17.9 Å². The molecule has 5 heteroatoms. The largest absolute Gasteiger partial charge is 0.399 e. The molecule has 2 amide bonds. The molecule has 1 aliphatic heterocycles. The standard InChI is InChI=1S/C15H21N3O2/c1-3-14(19)18-7-6-12(9-18)17-15(20)13-8-11(16)5-4-10(13)2/h4-5,8,12H,3,6-7,9,16H2,1-2H3,(H,17,20). The van der Waals surface area contributed by atoms with Crippen molar-refractivity contribution in [3.8, 4) is 0 Å². The first kappa shape index (κ1) is 14.4. The van der Waals surface area contributed by atoms with Crippen molar-refractivity contribution in [1.82, 2.24) is 10.2 Å². The number of benzene rings is 1. The Kier molecular flexibility index (Phi) is 4.27. The van der Waals surface area contributed by atoms with Crippen LogP contribution in [0.2, 0.25) is 0 Å². The lowest BCUT2D eigenvalue weighted by atomic mass is 10.1. The number of anilines is 1. The van der Waals surface area contributed by atoms with E-state index < -0.39 is 0 Å². The van der Waals surface area contributed by atoms with Crippen molar-refractivity contribution in [2.24, 2.45) is 0 Å². The Hall–Kier alpha value is -2.04. The molecule has 1 atom stereocenters. The number of carbonyl (C=O) groups is 2. The Morgan fingerprint density at radius 3 is 2.90 bits per heavy atom. The summed E-state index contributed by atoms with van der Waals surface area (Å²) in [5, 5.41) is 2.98. The molecule has 1 unspecified atom stereocenters. The predicted octanol–water partition coefficient (Wildman–Crippen LogP) is 1.32. The fourth-order valence-electron chi connectivity index (χ4n) is 2.48. The van der Waals surface area contributed by atoms with Crippen LogP contribution in [0.4, 0.5) is 5.69 Å². The first-order valence-electron chi connectivity index (χ1n) is 6.96. The van der Waals surface area contributed by atoms with Gasteiger partial charge in [-0.15, -0.1) is 0 Å². The van der Waals surface area contributed by atoms with Gasteiger partial charge in [-0.1, -0.05) is 13.0 Å². The van der Waals surface area contributed by atoms with Crippen LogP contribution in [0.5, 0.6) is 0 Å². The highest BCUT2D eigenvalue weighted by Crippen LogP contribution is 2.15. The van der Waals surface area contributed by atoms with Crippen LogP contribution >= 0.6 is 0 Å². The van der Waals surface area contributed by atoms with Gasteiger partial charge in [0.2, 0.25) is 5.91 Å². The van der Waals surface area contributed by atoms with Gasteiger partial charge in [-0.2, -0.15) is 0 Å². The summed E-state index contributed by atoms with van der Waals surface area (Å²) in [4.78, 5) is 25.7. The van der Waals surface area contributed by atoms with Gasteiger partial charge in [0.25, 0.3) is 5.91 Å². The Morgan fingerprint density at radius 2 is 2.20 bits per heavy atom. The summed E-state index contributed by atoms with van der Waals surface area (Å²) in [6.07, 6.45) is 1.31. The number of likely N-dealkylation sites (tertiary alicyclic amines) is 1. The van der Waals surface area contributed by atoms with Crippen LogP contribution in [0, 0.1) is 6.92 Å². The van der Waals surface area contributed by atoms with Crippen LogP contribution in [0.3, 0.4) is 0 Å². The maximum atomic E-state index is 12.2. The van der Waals surface area contributed by atoms with E-state index >= 15 is 0 Å². The highest BCUT2D eigenvalue weighted by atomic mass is 16.2.